The van der Waals surface area contributed by atoms with Gasteiger partial charge in [-0.15, -0.1) is 11.6 Å². The lowest BCUT2D eigenvalue weighted by atomic mass is 10.3. The van der Waals surface area contributed by atoms with Crippen LogP contribution in [0, 0.1) is 0 Å². The predicted molar refractivity (Wildman–Crippen MR) is 61.1 cm³/mol. The van der Waals surface area contributed by atoms with Gasteiger partial charge in [-0.2, -0.15) is 12.7 Å². The zero-order valence-electron chi connectivity index (χ0n) is 9.39. The van der Waals surface area contributed by atoms with E-state index in [2.05, 4.69) is 4.74 Å². The van der Waals surface area contributed by atoms with E-state index in [1.807, 2.05) is 4.72 Å². The molecule has 9 heteroatoms. The third-order valence-electron chi connectivity index (χ3n) is 2.15. The fourth-order valence-electron chi connectivity index (χ4n) is 1.40. The van der Waals surface area contributed by atoms with Crippen molar-refractivity contribution in [2.45, 2.75) is 13.0 Å². The molecular formula is C8H15ClN2O5S. The lowest BCUT2D eigenvalue weighted by molar-refractivity contribution is 0.0398. The van der Waals surface area contributed by atoms with Gasteiger partial charge in [-0.3, -0.25) is 0 Å². The molecule has 1 fully saturated rings. The highest BCUT2D eigenvalue weighted by Gasteiger charge is 2.33. The molecule has 1 atom stereocenters. The third kappa shape index (κ3) is 3.98. The molecule has 100 valence electrons. The van der Waals surface area contributed by atoms with Crippen LogP contribution in [0.3, 0.4) is 0 Å². The number of carbonyl (C=O) groups is 1. The Hall–Kier alpha value is -0.570. The topological polar surface area (TPSA) is 84.9 Å². The Morgan fingerprint density at radius 2 is 2.35 bits per heavy atom. The number of hydrogen-bond donors (Lipinski definition) is 1. The van der Waals surface area contributed by atoms with E-state index in [1.165, 1.54) is 0 Å². The summed E-state index contributed by atoms with van der Waals surface area (Å²) in [5.74, 6) is 0.101. The smallest absolute Gasteiger partial charge is 0.421 e. The highest BCUT2D eigenvalue weighted by molar-refractivity contribution is 7.87. The van der Waals surface area contributed by atoms with Crippen molar-refractivity contribution in [2.75, 3.05) is 32.2 Å². The third-order valence-corrected chi connectivity index (χ3v) is 4.03. The average Bonchev–Trinajstić information content (AvgIpc) is 2.28. The molecule has 0 spiro atoms. The number of halogens is 1. The summed E-state index contributed by atoms with van der Waals surface area (Å²) in [6, 6.07) is -0.475. The van der Waals surface area contributed by atoms with Gasteiger partial charge in [-0.1, -0.05) is 0 Å². The predicted octanol–water partition coefficient (Wildman–Crippen LogP) is -0.0831. The minimum absolute atomic E-state index is 0.101. The molecule has 0 aromatic heterocycles. The summed E-state index contributed by atoms with van der Waals surface area (Å²) in [5.41, 5.74) is 0. The van der Waals surface area contributed by atoms with Crippen molar-refractivity contribution in [1.82, 2.24) is 9.03 Å². The van der Waals surface area contributed by atoms with Gasteiger partial charge in [0.1, 0.15) is 0 Å². The van der Waals surface area contributed by atoms with Gasteiger partial charge in [0.15, 0.2) is 0 Å². The van der Waals surface area contributed by atoms with Crippen molar-refractivity contribution < 1.29 is 22.7 Å². The second-order valence-corrected chi connectivity index (χ2v) is 5.25. The number of morpholine rings is 1. The molecule has 0 aliphatic carbocycles. The Labute approximate surface area is 105 Å². The minimum Gasteiger partial charge on any atom is -0.449 e. The molecule has 0 saturated carbocycles. The van der Waals surface area contributed by atoms with Crippen LogP contribution < -0.4 is 4.72 Å². The van der Waals surface area contributed by atoms with Crippen LogP contribution in [0.4, 0.5) is 4.79 Å². The van der Waals surface area contributed by atoms with Crippen molar-refractivity contribution in [1.29, 1.82) is 0 Å². The van der Waals surface area contributed by atoms with Crippen LogP contribution in [-0.4, -0.2) is 57.1 Å². The first-order valence-corrected chi connectivity index (χ1v) is 7.08. The summed E-state index contributed by atoms with van der Waals surface area (Å²) in [5, 5.41) is 0. The number of carbonyl (C=O) groups excluding carboxylic acids is 1. The minimum atomic E-state index is -3.92. The monoisotopic (exact) mass is 286 g/mol. The second-order valence-electron chi connectivity index (χ2n) is 3.32. The van der Waals surface area contributed by atoms with Crippen molar-refractivity contribution >= 4 is 27.9 Å². The number of nitrogens with one attached hydrogen (secondary N) is 1. The number of amides is 1. The quantitative estimate of drug-likeness (QED) is 0.731. The summed E-state index contributed by atoms with van der Waals surface area (Å²) >= 11 is 5.65. The molecule has 1 unspecified atom stereocenters. The molecule has 0 radical (unpaired) electrons. The van der Waals surface area contributed by atoms with E-state index >= 15 is 0 Å². The summed E-state index contributed by atoms with van der Waals surface area (Å²) in [6.45, 7) is 2.34. The summed E-state index contributed by atoms with van der Waals surface area (Å²) in [7, 11) is -3.92. The molecule has 0 bridgehead atoms. The average molecular weight is 287 g/mol. The highest BCUT2D eigenvalue weighted by Crippen LogP contribution is 2.12. The van der Waals surface area contributed by atoms with E-state index in [1.54, 1.807) is 6.92 Å². The Morgan fingerprint density at radius 3 is 2.94 bits per heavy atom. The molecule has 1 aliphatic heterocycles. The van der Waals surface area contributed by atoms with E-state index < -0.39 is 22.3 Å². The lowest BCUT2D eigenvalue weighted by Gasteiger charge is -2.32. The Bertz CT molecular complexity index is 361. The van der Waals surface area contributed by atoms with Crippen LogP contribution >= 0.6 is 11.6 Å². The van der Waals surface area contributed by atoms with Crippen molar-refractivity contribution in [3.63, 3.8) is 0 Å². The first-order valence-electron chi connectivity index (χ1n) is 5.11. The van der Waals surface area contributed by atoms with Gasteiger partial charge in [0.25, 0.3) is 0 Å². The fourth-order valence-corrected chi connectivity index (χ4v) is 2.97. The number of ether oxygens (including phenoxy) is 2. The van der Waals surface area contributed by atoms with Gasteiger partial charge in [0.2, 0.25) is 0 Å². The van der Waals surface area contributed by atoms with Gasteiger partial charge < -0.3 is 9.47 Å². The van der Waals surface area contributed by atoms with E-state index in [0.717, 1.165) is 4.31 Å². The SMILES string of the molecule is CCOC(=O)NS(=O)(=O)N1CCOCC1CCl. The fraction of sp³-hybridized carbons (Fsp3) is 0.875. The first-order chi connectivity index (χ1) is 8.01. The molecule has 1 heterocycles. The van der Waals surface area contributed by atoms with Crippen LogP contribution in [0.25, 0.3) is 0 Å². The highest BCUT2D eigenvalue weighted by atomic mass is 35.5. The van der Waals surface area contributed by atoms with Gasteiger partial charge in [0, 0.05) is 12.4 Å². The molecule has 1 aliphatic rings. The van der Waals surface area contributed by atoms with Crippen molar-refractivity contribution in [3.8, 4) is 0 Å². The molecule has 1 rings (SSSR count). The van der Waals surface area contributed by atoms with Crippen molar-refractivity contribution in [3.05, 3.63) is 0 Å². The van der Waals surface area contributed by atoms with Gasteiger partial charge in [-0.05, 0) is 6.92 Å². The van der Waals surface area contributed by atoms with Gasteiger partial charge in [0.05, 0.1) is 25.9 Å². The Balaban J connectivity index is 2.70. The standard InChI is InChI=1S/C8H15ClN2O5S/c1-2-16-8(12)10-17(13,14)11-3-4-15-6-7(11)5-9/h7H,2-6H2,1H3,(H,10,12). The molecule has 7 nitrogen and oxygen atoms in total. The largest absolute Gasteiger partial charge is 0.449 e. The lowest BCUT2D eigenvalue weighted by Crippen LogP contribution is -2.54. The van der Waals surface area contributed by atoms with Crippen LogP contribution in [-0.2, 0) is 19.7 Å². The Kier molecular flexibility index (Phi) is 5.44. The Morgan fingerprint density at radius 1 is 1.65 bits per heavy atom. The molecule has 1 amide bonds. The van der Waals surface area contributed by atoms with Crippen LogP contribution in [0.2, 0.25) is 0 Å². The van der Waals surface area contributed by atoms with Gasteiger partial charge in [-0.25, -0.2) is 9.52 Å². The number of rotatable bonds is 4. The summed E-state index contributed by atoms with van der Waals surface area (Å²) < 4.78 is 36.2. The number of hydrogen-bond acceptors (Lipinski definition) is 5. The molecule has 0 aromatic carbocycles. The van der Waals surface area contributed by atoms with Crippen molar-refractivity contribution in [2.24, 2.45) is 0 Å². The maximum absolute atomic E-state index is 11.8. The van der Waals surface area contributed by atoms with E-state index in [4.69, 9.17) is 16.3 Å². The molecule has 1 N–H and O–H groups in total. The van der Waals surface area contributed by atoms with Crippen LogP contribution in [0.15, 0.2) is 0 Å². The zero-order chi connectivity index (χ0) is 12.9. The summed E-state index contributed by atoms with van der Waals surface area (Å²) in [4.78, 5) is 11.1. The molecule has 0 aromatic rings. The number of nitrogens with zero attached hydrogens (tertiary/aromatic N) is 1. The molecule has 17 heavy (non-hydrogen) atoms. The van der Waals surface area contributed by atoms with Crippen LogP contribution in [0.1, 0.15) is 6.92 Å². The van der Waals surface area contributed by atoms with E-state index in [-0.39, 0.29) is 32.2 Å². The maximum Gasteiger partial charge on any atom is 0.421 e. The normalized spacial score (nSPS) is 22.1. The zero-order valence-corrected chi connectivity index (χ0v) is 11.0. The van der Waals surface area contributed by atoms with E-state index in [9.17, 15) is 13.2 Å². The first kappa shape index (κ1) is 14.5. The molecular weight excluding hydrogens is 272 g/mol. The number of alkyl halides is 1. The molecule has 1 saturated heterocycles. The van der Waals surface area contributed by atoms with Crippen LogP contribution in [0.5, 0.6) is 0 Å². The van der Waals surface area contributed by atoms with Gasteiger partial charge >= 0.3 is 16.3 Å². The summed E-state index contributed by atoms with van der Waals surface area (Å²) in [6.07, 6.45) is -0.993. The maximum atomic E-state index is 11.8. The second kappa shape index (κ2) is 6.39. The van der Waals surface area contributed by atoms with E-state index in [0.29, 0.717) is 0 Å².